The highest BCUT2D eigenvalue weighted by Gasteiger charge is 2.29. The second kappa shape index (κ2) is 11.9. The molecule has 3 rings (SSSR count). The average molecular weight is 536 g/mol. The molecule has 33 heavy (non-hydrogen) atoms. The summed E-state index contributed by atoms with van der Waals surface area (Å²) in [6, 6.07) is 10.7. The van der Waals surface area contributed by atoms with E-state index >= 15 is 0 Å². The van der Waals surface area contributed by atoms with Gasteiger partial charge in [-0.05, 0) is 68.5 Å². The van der Waals surface area contributed by atoms with Crippen molar-refractivity contribution in [2.45, 2.75) is 71.5 Å². The first-order chi connectivity index (χ1) is 15.8. The Labute approximate surface area is 210 Å². The highest BCUT2D eigenvalue weighted by molar-refractivity contribution is 9.10. The van der Waals surface area contributed by atoms with Gasteiger partial charge >= 0.3 is 0 Å². The van der Waals surface area contributed by atoms with Crippen LogP contribution in [0.2, 0.25) is 5.02 Å². The van der Waals surface area contributed by atoms with Gasteiger partial charge in [0, 0.05) is 22.1 Å². The lowest BCUT2D eigenvalue weighted by atomic mass is 9.95. The second-order valence-electron chi connectivity index (χ2n) is 8.79. The van der Waals surface area contributed by atoms with Gasteiger partial charge in [-0.25, -0.2) is 0 Å². The van der Waals surface area contributed by atoms with Crippen molar-refractivity contribution >= 4 is 39.3 Å². The third kappa shape index (κ3) is 6.97. The highest BCUT2D eigenvalue weighted by atomic mass is 79.9. The van der Waals surface area contributed by atoms with E-state index in [0.29, 0.717) is 10.8 Å². The summed E-state index contributed by atoms with van der Waals surface area (Å²) < 4.78 is 6.86. The summed E-state index contributed by atoms with van der Waals surface area (Å²) in [4.78, 5) is 27.9. The number of rotatable bonds is 8. The van der Waals surface area contributed by atoms with E-state index in [1.54, 1.807) is 17.9 Å². The molecule has 0 bridgehead atoms. The Balaban J connectivity index is 1.74. The van der Waals surface area contributed by atoms with Crippen LogP contribution in [0.25, 0.3) is 0 Å². The van der Waals surface area contributed by atoms with Crippen LogP contribution < -0.4 is 10.1 Å². The van der Waals surface area contributed by atoms with E-state index in [-0.39, 0.29) is 31.0 Å². The van der Waals surface area contributed by atoms with Crippen LogP contribution in [-0.2, 0) is 16.1 Å². The summed E-state index contributed by atoms with van der Waals surface area (Å²) in [6.45, 7) is 5.80. The number of aryl methyl sites for hydroxylation is 2. The van der Waals surface area contributed by atoms with Crippen molar-refractivity contribution in [1.29, 1.82) is 0 Å². The quantitative estimate of drug-likeness (QED) is 0.453. The van der Waals surface area contributed by atoms with Crippen molar-refractivity contribution in [3.05, 3.63) is 62.6 Å². The van der Waals surface area contributed by atoms with Gasteiger partial charge < -0.3 is 15.0 Å². The van der Waals surface area contributed by atoms with Gasteiger partial charge in [-0.15, -0.1) is 0 Å². The van der Waals surface area contributed by atoms with E-state index in [4.69, 9.17) is 16.3 Å². The van der Waals surface area contributed by atoms with Crippen molar-refractivity contribution < 1.29 is 14.3 Å². The first-order valence-electron chi connectivity index (χ1n) is 11.5. The van der Waals surface area contributed by atoms with Crippen LogP contribution in [0.15, 0.2) is 40.9 Å². The van der Waals surface area contributed by atoms with E-state index < -0.39 is 6.04 Å². The zero-order valence-corrected chi connectivity index (χ0v) is 21.8. The second-order valence-corrected chi connectivity index (χ2v) is 9.99. The van der Waals surface area contributed by atoms with E-state index in [0.717, 1.165) is 46.8 Å². The number of ether oxygens (including phenoxy) is 1. The van der Waals surface area contributed by atoms with Crippen molar-refractivity contribution in [2.75, 3.05) is 6.61 Å². The highest BCUT2D eigenvalue weighted by Crippen LogP contribution is 2.26. The minimum absolute atomic E-state index is 0.141. The van der Waals surface area contributed by atoms with Gasteiger partial charge in [-0.3, -0.25) is 9.59 Å². The maximum Gasteiger partial charge on any atom is 0.261 e. The van der Waals surface area contributed by atoms with Gasteiger partial charge in [-0.2, -0.15) is 0 Å². The maximum atomic E-state index is 13.3. The van der Waals surface area contributed by atoms with E-state index in [9.17, 15) is 9.59 Å². The zero-order chi connectivity index (χ0) is 24.0. The molecule has 5 nitrogen and oxygen atoms in total. The number of carbonyl (C=O) groups excluding carboxylic acids is 2. The molecule has 0 aromatic heterocycles. The molecule has 2 aromatic rings. The third-order valence-electron chi connectivity index (χ3n) is 6.19. The number of amides is 2. The Hall–Kier alpha value is -2.05. The number of hydrogen-bond donors (Lipinski definition) is 1. The van der Waals surface area contributed by atoms with Gasteiger partial charge in [0.15, 0.2) is 6.61 Å². The molecular formula is C26H32BrClN2O3. The number of halogens is 2. The van der Waals surface area contributed by atoms with Crippen LogP contribution >= 0.6 is 27.5 Å². The van der Waals surface area contributed by atoms with Crippen molar-refractivity contribution in [3.8, 4) is 5.75 Å². The lowest BCUT2D eigenvalue weighted by Gasteiger charge is -2.31. The molecule has 1 unspecified atom stereocenters. The fraction of sp³-hybridized carbons (Fsp3) is 0.462. The topological polar surface area (TPSA) is 58.6 Å². The summed E-state index contributed by atoms with van der Waals surface area (Å²) in [5.41, 5.74) is 2.86. The molecule has 1 fully saturated rings. The molecule has 1 saturated carbocycles. The molecule has 178 valence electrons. The van der Waals surface area contributed by atoms with Crippen LogP contribution in [0.5, 0.6) is 5.75 Å². The first kappa shape index (κ1) is 25.6. The molecule has 7 heteroatoms. The summed E-state index contributed by atoms with van der Waals surface area (Å²) >= 11 is 9.91. The minimum atomic E-state index is -0.646. The SMILES string of the molecule is Cc1cc(OCC(=O)N(Cc2ccccc2Cl)C(C)C(=O)NC2CCCCC2)cc(C)c1Br. The molecule has 0 radical (unpaired) electrons. The predicted octanol–water partition coefficient (Wildman–Crippen LogP) is 5.96. The molecular weight excluding hydrogens is 504 g/mol. The summed E-state index contributed by atoms with van der Waals surface area (Å²) in [7, 11) is 0. The largest absolute Gasteiger partial charge is 0.484 e. The Bertz CT molecular complexity index is 968. The van der Waals surface area contributed by atoms with Crippen molar-refractivity contribution in [1.82, 2.24) is 10.2 Å². The summed E-state index contributed by atoms with van der Waals surface area (Å²) in [6.07, 6.45) is 5.44. The van der Waals surface area contributed by atoms with Crippen LogP contribution in [0.1, 0.15) is 55.7 Å². The molecule has 1 aliphatic rings. The van der Waals surface area contributed by atoms with Gasteiger partial charge in [0.1, 0.15) is 11.8 Å². The standard InChI is InChI=1S/C26H32BrClN2O3/c1-17-13-22(14-18(2)25(17)27)33-16-24(31)30(15-20-9-7-8-12-23(20)28)19(3)26(32)29-21-10-5-4-6-11-21/h7-9,12-14,19,21H,4-6,10-11,15-16H2,1-3H3,(H,29,32). The fourth-order valence-electron chi connectivity index (χ4n) is 4.18. The molecule has 2 amide bonds. The zero-order valence-electron chi connectivity index (χ0n) is 19.5. The number of nitrogens with one attached hydrogen (secondary N) is 1. The normalized spacial score (nSPS) is 15.1. The van der Waals surface area contributed by atoms with Crippen molar-refractivity contribution in [3.63, 3.8) is 0 Å². The molecule has 0 heterocycles. The lowest BCUT2D eigenvalue weighted by Crippen LogP contribution is -2.51. The smallest absolute Gasteiger partial charge is 0.261 e. The Morgan fingerprint density at radius 2 is 1.79 bits per heavy atom. The molecule has 1 atom stereocenters. The first-order valence-corrected chi connectivity index (χ1v) is 12.7. The predicted molar refractivity (Wildman–Crippen MR) is 136 cm³/mol. The minimum Gasteiger partial charge on any atom is -0.484 e. The van der Waals surface area contributed by atoms with Gasteiger partial charge in [0.2, 0.25) is 5.91 Å². The van der Waals surface area contributed by atoms with Crippen LogP contribution in [0, 0.1) is 13.8 Å². The van der Waals surface area contributed by atoms with E-state index in [2.05, 4.69) is 21.2 Å². The maximum absolute atomic E-state index is 13.3. The molecule has 1 aliphatic carbocycles. The van der Waals surface area contributed by atoms with Gasteiger partial charge in [0.05, 0.1) is 0 Å². The number of nitrogens with zero attached hydrogens (tertiary/aromatic N) is 1. The summed E-state index contributed by atoms with van der Waals surface area (Å²) in [5, 5.41) is 3.70. The van der Waals surface area contributed by atoms with E-state index in [1.165, 1.54) is 6.42 Å². The number of benzene rings is 2. The molecule has 0 saturated heterocycles. The van der Waals surface area contributed by atoms with Crippen molar-refractivity contribution in [2.24, 2.45) is 0 Å². The molecule has 0 spiro atoms. The van der Waals surface area contributed by atoms with Crippen LogP contribution in [-0.4, -0.2) is 35.4 Å². The monoisotopic (exact) mass is 534 g/mol. The third-order valence-corrected chi connectivity index (χ3v) is 7.81. The summed E-state index contributed by atoms with van der Waals surface area (Å²) in [5.74, 6) is 0.218. The Morgan fingerprint density at radius 3 is 2.42 bits per heavy atom. The molecule has 1 N–H and O–H groups in total. The number of carbonyl (C=O) groups is 2. The van der Waals surface area contributed by atoms with Gasteiger partial charge in [-0.1, -0.05) is 65.0 Å². The van der Waals surface area contributed by atoms with E-state index in [1.807, 2.05) is 44.2 Å². The average Bonchev–Trinajstić information content (AvgIpc) is 2.80. The lowest BCUT2D eigenvalue weighted by molar-refractivity contribution is -0.142. The van der Waals surface area contributed by atoms with Gasteiger partial charge in [0.25, 0.3) is 5.91 Å². The Morgan fingerprint density at radius 1 is 1.15 bits per heavy atom. The number of hydrogen-bond acceptors (Lipinski definition) is 3. The Kier molecular flexibility index (Phi) is 9.21. The van der Waals surface area contributed by atoms with Crippen LogP contribution in [0.4, 0.5) is 0 Å². The molecule has 2 aromatic carbocycles. The molecule has 0 aliphatic heterocycles. The van der Waals surface area contributed by atoms with Crippen LogP contribution in [0.3, 0.4) is 0 Å². The fourth-order valence-corrected chi connectivity index (χ4v) is 4.60.